The first-order valence-corrected chi connectivity index (χ1v) is 30.5. The summed E-state index contributed by atoms with van der Waals surface area (Å²) in [4.78, 5) is 37.5. The van der Waals surface area contributed by atoms with E-state index in [1.807, 2.05) is 33.3 Å². The lowest BCUT2D eigenvalue weighted by molar-refractivity contribution is -0.870. The molecule has 0 bridgehead atoms. The number of phosphoric acid groups is 1. The molecule has 0 aliphatic heterocycles. The number of likely N-dealkylation sites (N-methyl/N-ethyl adjacent to an activating group) is 1. The Kier molecular flexibility index (Phi) is 48.1. The van der Waals surface area contributed by atoms with Crippen LogP contribution >= 0.6 is 7.82 Å². The predicted octanol–water partition coefficient (Wildman–Crippen LogP) is 17.3. The molecule has 2 N–H and O–H groups in total. The van der Waals surface area contributed by atoms with Gasteiger partial charge in [-0.15, -0.1) is 0 Å². The van der Waals surface area contributed by atoms with E-state index >= 15 is 0 Å². The van der Waals surface area contributed by atoms with Crippen LogP contribution in [0.2, 0.25) is 0 Å². The summed E-state index contributed by atoms with van der Waals surface area (Å²) >= 11 is 0. The fraction of sp³-hybridized carbons (Fsp3) is 0.831. The van der Waals surface area contributed by atoms with Gasteiger partial charge in [-0.2, -0.15) is 0 Å². The number of carbonyl (C=O) groups is 2. The van der Waals surface area contributed by atoms with E-state index in [0.29, 0.717) is 23.9 Å². The highest BCUT2D eigenvalue weighted by Crippen LogP contribution is 2.43. The van der Waals surface area contributed by atoms with Crippen molar-refractivity contribution in [3.63, 3.8) is 0 Å². The number of carbonyl (C=O) groups excluding carboxylic acids is 2. The molecule has 1 amide bonds. The molecule has 0 aromatic heterocycles. The normalized spacial score (nSPS) is 14.1. The van der Waals surface area contributed by atoms with Crippen molar-refractivity contribution in [1.29, 1.82) is 0 Å². The smallest absolute Gasteiger partial charge is 0.456 e. The van der Waals surface area contributed by atoms with Gasteiger partial charge in [0.2, 0.25) is 5.91 Å². The van der Waals surface area contributed by atoms with Gasteiger partial charge in [0.1, 0.15) is 19.3 Å². The molecule has 10 heteroatoms. The molecule has 404 valence electrons. The number of amides is 1. The summed E-state index contributed by atoms with van der Waals surface area (Å²) in [7, 11) is 1.49. The van der Waals surface area contributed by atoms with Crippen molar-refractivity contribution in [3.8, 4) is 0 Å². The van der Waals surface area contributed by atoms with Gasteiger partial charge in [-0.1, -0.05) is 230 Å². The Labute approximate surface area is 427 Å². The van der Waals surface area contributed by atoms with Gasteiger partial charge in [-0.25, -0.2) is 4.57 Å². The number of esters is 1. The molecule has 3 atom stereocenters. The minimum Gasteiger partial charge on any atom is -0.456 e. The Hall–Kier alpha value is -2.03. The highest BCUT2D eigenvalue weighted by atomic mass is 31.2. The third-order valence-electron chi connectivity index (χ3n) is 12.8. The van der Waals surface area contributed by atoms with Crippen LogP contribution in [0, 0.1) is 0 Å². The monoisotopic (exact) mass is 992 g/mol. The number of allylic oxidation sites excluding steroid dienone is 7. The molecule has 0 rings (SSSR count). The number of rotatable bonds is 52. The van der Waals surface area contributed by atoms with E-state index < -0.39 is 20.0 Å². The minimum absolute atomic E-state index is 0.0393. The summed E-state index contributed by atoms with van der Waals surface area (Å²) in [6.07, 6.45) is 59.6. The summed E-state index contributed by atoms with van der Waals surface area (Å²) in [5.41, 5.74) is 0. The number of hydrogen-bond acceptors (Lipinski definition) is 6. The van der Waals surface area contributed by atoms with Gasteiger partial charge in [0.15, 0.2) is 0 Å². The number of phosphoric ester groups is 1. The number of nitrogens with zero attached hydrogens (tertiary/aromatic N) is 1. The van der Waals surface area contributed by atoms with Crippen molar-refractivity contribution in [2.75, 3.05) is 40.9 Å². The van der Waals surface area contributed by atoms with Crippen LogP contribution in [0.15, 0.2) is 48.6 Å². The molecular weight excluding hydrogens is 880 g/mol. The molecule has 0 aromatic rings. The fourth-order valence-corrected chi connectivity index (χ4v) is 8.98. The lowest BCUT2D eigenvalue weighted by Gasteiger charge is -2.27. The third-order valence-corrected chi connectivity index (χ3v) is 13.8. The van der Waals surface area contributed by atoms with Crippen molar-refractivity contribution < 1.29 is 37.3 Å². The lowest BCUT2D eigenvalue weighted by atomic mass is 10.0. The molecule has 0 aromatic carbocycles. The Balaban J connectivity index is 5.22. The van der Waals surface area contributed by atoms with E-state index in [-0.39, 0.29) is 25.1 Å². The SMILES string of the molecule is CCCCC/C=C\C/C=C\C/C=C\CCCCCCCCCCC(=O)NC(COP(=O)(O)OCC[N+](C)(C)C)C(/C=C\CCCCCCCCCCC)OC(=O)CCCCCCCCCCCCC. The van der Waals surface area contributed by atoms with E-state index in [0.717, 1.165) is 83.5 Å². The van der Waals surface area contributed by atoms with E-state index in [9.17, 15) is 19.0 Å². The van der Waals surface area contributed by atoms with Crippen molar-refractivity contribution in [2.24, 2.45) is 0 Å². The number of hydrogen-bond donors (Lipinski definition) is 2. The van der Waals surface area contributed by atoms with E-state index in [1.165, 1.54) is 148 Å². The zero-order chi connectivity index (χ0) is 50.8. The average molecular weight is 993 g/mol. The molecule has 0 saturated carbocycles. The molecule has 9 nitrogen and oxygen atoms in total. The van der Waals surface area contributed by atoms with Gasteiger partial charge in [0.25, 0.3) is 0 Å². The van der Waals surface area contributed by atoms with Crippen LogP contribution in [0.25, 0.3) is 0 Å². The summed E-state index contributed by atoms with van der Waals surface area (Å²) in [5.74, 6) is -0.509. The maximum absolute atomic E-state index is 13.5. The number of unbranched alkanes of at least 4 members (excludes halogenated alkanes) is 30. The summed E-state index contributed by atoms with van der Waals surface area (Å²) in [6.45, 7) is 6.97. The standard InChI is InChI=1S/C59H111N2O7P/c1-7-10-13-16-19-22-25-26-27-28-29-30-31-32-33-34-37-39-42-45-48-51-58(62)60-56(55-67-69(64,65)66-54-53-61(4,5)6)57(50-47-44-41-38-35-23-20-17-14-11-8-2)68-59(63)52-49-46-43-40-36-24-21-18-15-12-9-3/h19,22,26-27,29-30,47,50,56-57H,7-18,20-21,23-25,28,31-46,48-49,51-55H2,1-6H3,(H-,60,62,64,65)/p+1/b22-19-,27-26-,30-29-,50-47-. The van der Waals surface area contributed by atoms with E-state index in [4.69, 9.17) is 13.8 Å². The molecule has 3 unspecified atom stereocenters. The molecule has 0 aliphatic carbocycles. The van der Waals surface area contributed by atoms with Gasteiger partial charge < -0.3 is 19.4 Å². The van der Waals surface area contributed by atoms with Crippen LogP contribution in [0.4, 0.5) is 0 Å². The fourth-order valence-electron chi connectivity index (χ4n) is 8.24. The van der Waals surface area contributed by atoms with Crippen LogP contribution < -0.4 is 5.32 Å². The molecule has 69 heavy (non-hydrogen) atoms. The maximum atomic E-state index is 13.5. The summed E-state index contributed by atoms with van der Waals surface area (Å²) < 4.78 is 30.6. The largest absolute Gasteiger partial charge is 0.472 e. The molecule has 0 spiro atoms. The van der Waals surface area contributed by atoms with Crippen molar-refractivity contribution >= 4 is 19.7 Å². The quantitative estimate of drug-likeness (QED) is 0.0205. The Morgan fingerprint density at radius 3 is 1.35 bits per heavy atom. The first-order valence-electron chi connectivity index (χ1n) is 29.0. The van der Waals surface area contributed by atoms with Crippen LogP contribution in [-0.2, 0) is 27.9 Å². The molecule has 0 aliphatic rings. The number of quaternary nitrogens is 1. The van der Waals surface area contributed by atoms with Crippen LogP contribution in [0.5, 0.6) is 0 Å². The topological polar surface area (TPSA) is 111 Å². The van der Waals surface area contributed by atoms with E-state index in [2.05, 4.69) is 62.5 Å². The third kappa shape index (κ3) is 50.7. The van der Waals surface area contributed by atoms with Crippen LogP contribution in [0.1, 0.15) is 265 Å². The molecule has 0 saturated heterocycles. The second kappa shape index (κ2) is 49.5. The van der Waals surface area contributed by atoms with Gasteiger partial charge in [0.05, 0.1) is 33.8 Å². The van der Waals surface area contributed by atoms with Crippen molar-refractivity contribution in [3.05, 3.63) is 48.6 Å². The summed E-state index contributed by atoms with van der Waals surface area (Å²) in [5, 5.41) is 3.04. The zero-order valence-corrected chi connectivity index (χ0v) is 47.0. The second-order valence-electron chi connectivity index (χ2n) is 20.8. The zero-order valence-electron chi connectivity index (χ0n) is 46.1. The molecular formula is C59H112N2O7P+. The highest BCUT2D eigenvalue weighted by molar-refractivity contribution is 7.47. The first kappa shape index (κ1) is 67.0. The van der Waals surface area contributed by atoms with E-state index in [1.54, 1.807) is 0 Å². The molecule has 0 fully saturated rings. The van der Waals surface area contributed by atoms with Crippen molar-refractivity contribution in [2.45, 2.75) is 277 Å². The number of ether oxygens (including phenoxy) is 1. The van der Waals surface area contributed by atoms with Crippen LogP contribution in [0.3, 0.4) is 0 Å². The van der Waals surface area contributed by atoms with Crippen LogP contribution in [-0.4, -0.2) is 74.3 Å². The van der Waals surface area contributed by atoms with Gasteiger partial charge in [-0.3, -0.25) is 18.6 Å². The Morgan fingerprint density at radius 1 is 0.507 bits per heavy atom. The minimum atomic E-state index is -4.44. The predicted molar refractivity (Wildman–Crippen MR) is 295 cm³/mol. The second-order valence-corrected chi connectivity index (χ2v) is 22.3. The Morgan fingerprint density at radius 2 is 0.884 bits per heavy atom. The average Bonchev–Trinajstić information content (AvgIpc) is 3.31. The number of nitrogens with one attached hydrogen (secondary N) is 1. The first-order chi connectivity index (χ1) is 33.4. The summed E-state index contributed by atoms with van der Waals surface area (Å²) in [6, 6.07) is -0.848. The van der Waals surface area contributed by atoms with Crippen molar-refractivity contribution in [1.82, 2.24) is 5.32 Å². The highest BCUT2D eigenvalue weighted by Gasteiger charge is 2.30. The van der Waals surface area contributed by atoms with Gasteiger partial charge in [0, 0.05) is 12.8 Å². The van der Waals surface area contributed by atoms with Gasteiger partial charge in [-0.05, 0) is 70.3 Å². The van der Waals surface area contributed by atoms with Gasteiger partial charge >= 0.3 is 13.8 Å². The maximum Gasteiger partial charge on any atom is 0.472 e. The Bertz CT molecular complexity index is 1330. The molecule has 0 radical (unpaired) electrons. The lowest BCUT2D eigenvalue weighted by Crippen LogP contribution is -2.47. The molecule has 0 heterocycles.